The molecule has 0 atom stereocenters. The number of hydrogen-bond donors (Lipinski definition) is 0. The highest BCUT2D eigenvalue weighted by atomic mass is 16.3. The Bertz CT molecular complexity index is 1290. The van der Waals surface area contributed by atoms with Gasteiger partial charge >= 0.3 is 0 Å². The summed E-state index contributed by atoms with van der Waals surface area (Å²) in [5.41, 5.74) is 0.980. The molecule has 0 spiro atoms. The molecule has 1 heteroatoms. The van der Waals surface area contributed by atoms with Crippen molar-refractivity contribution < 1.29 is 4.42 Å². The smallest absolute Gasteiger partial charge is 0.142 e. The molecule has 0 radical (unpaired) electrons. The van der Waals surface area contributed by atoms with Crippen LogP contribution in [0.25, 0.3) is 49.4 Å². The Balaban J connectivity index is 1.78. The van der Waals surface area contributed by atoms with Gasteiger partial charge in [0.25, 0.3) is 0 Å². The fourth-order valence-corrected chi connectivity index (χ4v) is 3.80. The van der Waals surface area contributed by atoms with E-state index < -0.39 is 0 Å². The van der Waals surface area contributed by atoms with Gasteiger partial charge in [0.15, 0.2) is 0 Å². The quantitative estimate of drug-likeness (QED) is 0.243. The molecule has 5 rings (SSSR count). The minimum Gasteiger partial charge on any atom is -0.456 e. The molecular formula is C25H20O. The van der Waals surface area contributed by atoms with Crippen LogP contribution in [0, 0.1) is 0 Å². The number of fused-ring (bicyclic) bond motifs is 6. The highest BCUT2D eigenvalue weighted by Crippen LogP contribution is 2.34. The largest absolute Gasteiger partial charge is 0.456 e. The maximum absolute atomic E-state index is 6.18. The highest BCUT2D eigenvalue weighted by molar-refractivity contribution is 6.18. The summed E-state index contributed by atoms with van der Waals surface area (Å²) in [6.07, 6.45) is 6.50. The summed E-state index contributed by atoms with van der Waals surface area (Å²) in [4.78, 5) is 0. The SMILES string of the molecule is CCC/C=C/c1cc2ccc3c4cc5ccccc5cc4ccc3c2o1. The van der Waals surface area contributed by atoms with E-state index in [4.69, 9.17) is 4.42 Å². The summed E-state index contributed by atoms with van der Waals surface area (Å²) < 4.78 is 6.18. The summed E-state index contributed by atoms with van der Waals surface area (Å²) in [7, 11) is 0. The Morgan fingerprint density at radius 2 is 1.50 bits per heavy atom. The summed E-state index contributed by atoms with van der Waals surface area (Å²) in [5, 5.41) is 8.69. The van der Waals surface area contributed by atoms with E-state index in [0.29, 0.717) is 0 Å². The van der Waals surface area contributed by atoms with Gasteiger partial charge in [-0.1, -0.05) is 61.9 Å². The second-order valence-corrected chi connectivity index (χ2v) is 6.90. The molecule has 5 aromatic rings. The highest BCUT2D eigenvalue weighted by Gasteiger charge is 2.09. The topological polar surface area (TPSA) is 13.1 Å². The first-order valence-electron chi connectivity index (χ1n) is 9.28. The van der Waals surface area contributed by atoms with E-state index in [1.54, 1.807) is 0 Å². The van der Waals surface area contributed by atoms with Crippen molar-refractivity contribution in [3.63, 3.8) is 0 Å². The van der Waals surface area contributed by atoms with Gasteiger partial charge in [-0.2, -0.15) is 0 Å². The third-order valence-electron chi connectivity index (χ3n) is 5.12. The molecule has 0 amide bonds. The van der Waals surface area contributed by atoms with Gasteiger partial charge in [0.2, 0.25) is 0 Å². The van der Waals surface area contributed by atoms with Crippen LogP contribution in [-0.4, -0.2) is 0 Å². The predicted octanol–water partition coefficient (Wildman–Crippen LogP) is 7.71. The molecule has 126 valence electrons. The Hall–Kier alpha value is -3.06. The second-order valence-electron chi connectivity index (χ2n) is 6.90. The van der Waals surface area contributed by atoms with Crippen molar-refractivity contribution in [2.24, 2.45) is 0 Å². The zero-order chi connectivity index (χ0) is 17.5. The lowest BCUT2D eigenvalue weighted by atomic mass is 9.97. The number of allylic oxidation sites excluding steroid dienone is 1. The normalized spacial score (nSPS) is 12.2. The molecule has 0 unspecified atom stereocenters. The van der Waals surface area contributed by atoms with Crippen molar-refractivity contribution in [1.82, 2.24) is 0 Å². The van der Waals surface area contributed by atoms with Gasteiger partial charge in [0, 0.05) is 10.8 Å². The minimum absolute atomic E-state index is 0.930. The van der Waals surface area contributed by atoms with Crippen LogP contribution >= 0.6 is 0 Å². The first kappa shape index (κ1) is 15.2. The van der Waals surface area contributed by atoms with Crippen molar-refractivity contribution in [3.8, 4) is 0 Å². The van der Waals surface area contributed by atoms with Crippen LogP contribution in [0.4, 0.5) is 0 Å². The first-order chi connectivity index (χ1) is 12.8. The monoisotopic (exact) mass is 336 g/mol. The Morgan fingerprint density at radius 3 is 2.35 bits per heavy atom. The maximum atomic E-state index is 6.18. The maximum Gasteiger partial charge on any atom is 0.142 e. The molecule has 0 saturated heterocycles. The molecule has 0 N–H and O–H groups in total. The third kappa shape index (κ3) is 2.40. The molecule has 26 heavy (non-hydrogen) atoms. The number of unbranched alkanes of at least 4 members (excludes halogenated alkanes) is 1. The van der Waals surface area contributed by atoms with Gasteiger partial charge in [0.1, 0.15) is 11.3 Å². The van der Waals surface area contributed by atoms with Gasteiger partial charge in [-0.3, -0.25) is 0 Å². The lowest BCUT2D eigenvalue weighted by molar-refractivity contribution is 0.607. The van der Waals surface area contributed by atoms with E-state index in [2.05, 4.69) is 85.8 Å². The van der Waals surface area contributed by atoms with Gasteiger partial charge in [-0.05, 0) is 63.7 Å². The lowest BCUT2D eigenvalue weighted by Crippen LogP contribution is -1.80. The van der Waals surface area contributed by atoms with E-state index in [9.17, 15) is 0 Å². The van der Waals surface area contributed by atoms with E-state index in [1.807, 2.05) is 0 Å². The Kier molecular flexibility index (Phi) is 3.53. The van der Waals surface area contributed by atoms with Gasteiger partial charge < -0.3 is 4.42 Å². The third-order valence-corrected chi connectivity index (χ3v) is 5.12. The molecule has 0 aliphatic heterocycles. The van der Waals surface area contributed by atoms with Gasteiger partial charge in [-0.25, -0.2) is 0 Å². The number of hydrogen-bond acceptors (Lipinski definition) is 1. The molecular weight excluding hydrogens is 316 g/mol. The molecule has 0 aliphatic carbocycles. The first-order valence-corrected chi connectivity index (χ1v) is 9.28. The lowest BCUT2D eigenvalue weighted by Gasteiger charge is -2.07. The van der Waals surface area contributed by atoms with E-state index in [1.165, 1.54) is 32.3 Å². The number of rotatable bonds is 3. The zero-order valence-corrected chi connectivity index (χ0v) is 14.8. The van der Waals surface area contributed by atoms with Crippen LogP contribution in [0.1, 0.15) is 25.5 Å². The average Bonchev–Trinajstić information content (AvgIpc) is 3.09. The van der Waals surface area contributed by atoms with Crippen LogP contribution in [0.5, 0.6) is 0 Å². The van der Waals surface area contributed by atoms with Crippen LogP contribution in [0.2, 0.25) is 0 Å². The summed E-state index contributed by atoms with van der Waals surface area (Å²) in [6.45, 7) is 2.19. The molecule has 0 aliphatic rings. The number of furan rings is 1. The van der Waals surface area contributed by atoms with Crippen molar-refractivity contribution in [1.29, 1.82) is 0 Å². The summed E-state index contributed by atoms with van der Waals surface area (Å²) in [6, 6.07) is 24.0. The molecule has 0 saturated carbocycles. The molecule has 0 fully saturated rings. The summed E-state index contributed by atoms with van der Waals surface area (Å²) >= 11 is 0. The Labute approximate surface area is 152 Å². The molecule has 1 heterocycles. The average molecular weight is 336 g/mol. The fraction of sp³-hybridized carbons (Fsp3) is 0.120. The predicted molar refractivity (Wildman–Crippen MR) is 113 cm³/mol. The van der Waals surface area contributed by atoms with Gasteiger partial charge in [0.05, 0.1) is 0 Å². The standard InChI is InChI=1S/C25H20O/c1-2-3-4-9-21-15-20-11-12-22-23(25(20)26-21)13-10-19-14-17-7-5-6-8-18(17)16-24(19)22/h4-16H,2-3H2,1H3/b9-4+. The number of benzene rings is 4. The van der Waals surface area contributed by atoms with Crippen LogP contribution < -0.4 is 0 Å². The van der Waals surface area contributed by atoms with Crippen LogP contribution in [-0.2, 0) is 0 Å². The van der Waals surface area contributed by atoms with E-state index >= 15 is 0 Å². The summed E-state index contributed by atoms with van der Waals surface area (Å²) in [5.74, 6) is 0.930. The second kappa shape index (κ2) is 6.03. The zero-order valence-electron chi connectivity index (χ0n) is 14.8. The van der Waals surface area contributed by atoms with Gasteiger partial charge in [-0.15, -0.1) is 0 Å². The minimum atomic E-state index is 0.930. The van der Waals surface area contributed by atoms with E-state index in [-0.39, 0.29) is 0 Å². The van der Waals surface area contributed by atoms with Crippen molar-refractivity contribution >= 4 is 49.4 Å². The Morgan fingerprint density at radius 1 is 0.731 bits per heavy atom. The molecule has 1 aromatic heterocycles. The van der Waals surface area contributed by atoms with Crippen molar-refractivity contribution in [3.05, 3.63) is 78.6 Å². The molecule has 0 bridgehead atoms. The fourth-order valence-electron chi connectivity index (χ4n) is 3.80. The van der Waals surface area contributed by atoms with Crippen molar-refractivity contribution in [2.45, 2.75) is 19.8 Å². The van der Waals surface area contributed by atoms with Crippen molar-refractivity contribution in [2.75, 3.05) is 0 Å². The van der Waals surface area contributed by atoms with Crippen LogP contribution in [0.3, 0.4) is 0 Å². The molecule has 1 nitrogen and oxygen atoms in total. The van der Waals surface area contributed by atoms with E-state index in [0.717, 1.165) is 29.6 Å². The molecule has 4 aromatic carbocycles. The van der Waals surface area contributed by atoms with Crippen LogP contribution in [0.15, 0.2) is 77.2 Å².